The maximum Gasteiger partial charge on any atom is 0.317 e. The summed E-state index contributed by atoms with van der Waals surface area (Å²) in [6.45, 7) is -0.426. The molecule has 0 aromatic heterocycles. The maximum absolute atomic E-state index is 10.5. The molecule has 0 aromatic carbocycles. The highest BCUT2D eigenvalue weighted by atomic mass is 16.5. The van der Waals surface area contributed by atoms with Crippen molar-refractivity contribution < 1.29 is 44.3 Å². The van der Waals surface area contributed by atoms with E-state index < -0.39 is 35.7 Å². The molecule has 0 fully saturated rings. The molecule has 0 saturated heterocycles. The summed E-state index contributed by atoms with van der Waals surface area (Å²) in [5.41, 5.74) is 0. The summed E-state index contributed by atoms with van der Waals surface area (Å²) in [5, 5.41) is 34.2. The van der Waals surface area contributed by atoms with Gasteiger partial charge in [-0.1, -0.05) is 0 Å². The summed E-state index contributed by atoms with van der Waals surface area (Å²) >= 11 is 0. The Balaban J connectivity index is 3.98. The van der Waals surface area contributed by atoms with E-state index in [0.29, 0.717) is 0 Å². The standard InChI is InChI=1S/C10H14O9/c11-7(12)5(8(13)14)1-3-19-4-2-6(9(15)16)10(17)18/h5-6H,1-4H2,(H,11,12)(H,13,14)(H,15,16)(H,17,18). The van der Waals surface area contributed by atoms with Crippen LogP contribution in [0.1, 0.15) is 12.8 Å². The predicted octanol–water partition coefficient (Wildman–Crippen LogP) is -0.646. The van der Waals surface area contributed by atoms with E-state index in [1.807, 2.05) is 0 Å². The lowest BCUT2D eigenvalue weighted by Gasteiger charge is -2.09. The molecule has 0 aliphatic carbocycles. The Kier molecular flexibility index (Phi) is 7.12. The van der Waals surface area contributed by atoms with Crippen LogP contribution in [0.2, 0.25) is 0 Å². The van der Waals surface area contributed by atoms with E-state index in [1.165, 1.54) is 0 Å². The Morgan fingerprint density at radius 2 is 0.947 bits per heavy atom. The maximum atomic E-state index is 10.5. The summed E-state index contributed by atoms with van der Waals surface area (Å²) in [7, 11) is 0. The van der Waals surface area contributed by atoms with Gasteiger partial charge in [0.2, 0.25) is 0 Å². The van der Waals surface area contributed by atoms with E-state index in [2.05, 4.69) is 0 Å². The molecule has 0 unspecified atom stereocenters. The van der Waals surface area contributed by atoms with Crippen LogP contribution in [-0.2, 0) is 23.9 Å². The first-order valence-corrected chi connectivity index (χ1v) is 5.26. The number of aliphatic carboxylic acids is 4. The van der Waals surface area contributed by atoms with Gasteiger partial charge in [-0.05, 0) is 12.8 Å². The van der Waals surface area contributed by atoms with Crippen molar-refractivity contribution in [1.29, 1.82) is 0 Å². The molecule has 4 N–H and O–H groups in total. The van der Waals surface area contributed by atoms with Crippen molar-refractivity contribution in [1.82, 2.24) is 0 Å². The van der Waals surface area contributed by atoms with Gasteiger partial charge in [-0.2, -0.15) is 0 Å². The van der Waals surface area contributed by atoms with Crippen LogP contribution >= 0.6 is 0 Å². The average Bonchev–Trinajstić information content (AvgIpc) is 2.25. The predicted molar refractivity (Wildman–Crippen MR) is 57.6 cm³/mol. The first-order chi connectivity index (χ1) is 8.77. The molecule has 9 heteroatoms. The molecule has 0 spiro atoms. The molecule has 0 radical (unpaired) electrons. The Bertz CT molecular complexity index is 300. The molecule has 0 saturated carbocycles. The van der Waals surface area contributed by atoms with Crippen LogP contribution in [0, 0.1) is 11.8 Å². The van der Waals surface area contributed by atoms with Gasteiger partial charge in [-0.3, -0.25) is 19.2 Å². The van der Waals surface area contributed by atoms with Crippen molar-refractivity contribution in [3.63, 3.8) is 0 Å². The second kappa shape index (κ2) is 8.03. The number of carboxylic acid groups (broad SMARTS) is 4. The van der Waals surface area contributed by atoms with Gasteiger partial charge in [0.25, 0.3) is 0 Å². The molecule has 19 heavy (non-hydrogen) atoms. The Labute approximate surface area is 107 Å². The summed E-state index contributed by atoms with van der Waals surface area (Å²) in [6, 6.07) is 0. The van der Waals surface area contributed by atoms with Gasteiger partial charge in [0.15, 0.2) is 11.8 Å². The minimum Gasteiger partial charge on any atom is -0.481 e. The largest absolute Gasteiger partial charge is 0.481 e. The lowest BCUT2D eigenvalue weighted by Crippen LogP contribution is -2.26. The van der Waals surface area contributed by atoms with Gasteiger partial charge in [0.1, 0.15) is 0 Å². The quantitative estimate of drug-likeness (QED) is 0.301. The van der Waals surface area contributed by atoms with Gasteiger partial charge in [0, 0.05) is 13.2 Å². The molecular formula is C10H14O9. The van der Waals surface area contributed by atoms with E-state index in [-0.39, 0.29) is 26.1 Å². The number of hydrogen-bond acceptors (Lipinski definition) is 5. The zero-order valence-electron chi connectivity index (χ0n) is 9.81. The molecule has 0 rings (SSSR count). The average molecular weight is 278 g/mol. The minimum atomic E-state index is -1.60. The van der Waals surface area contributed by atoms with Crippen LogP contribution in [0.15, 0.2) is 0 Å². The lowest BCUT2D eigenvalue weighted by atomic mass is 10.1. The van der Waals surface area contributed by atoms with Crippen molar-refractivity contribution in [2.45, 2.75) is 12.8 Å². The monoisotopic (exact) mass is 278 g/mol. The third kappa shape index (κ3) is 6.36. The van der Waals surface area contributed by atoms with Crippen LogP contribution in [0.5, 0.6) is 0 Å². The first kappa shape index (κ1) is 16.8. The fourth-order valence-electron chi connectivity index (χ4n) is 1.21. The number of ether oxygens (including phenoxy) is 1. The third-order valence-electron chi connectivity index (χ3n) is 2.29. The molecule has 9 nitrogen and oxygen atoms in total. The highest BCUT2D eigenvalue weighted by Gasteiger charge is 2.26. The van der Waals surface area contributed by atoms with Gasteiger partial charge in [-0.15, -0.1) is 0 Å². The summed E-state index contributed by atoms with van der Waals surface area (Å²) < 4.78 is 4.84. The Morgan fingerprint density at radius 3 is 1.16 bits per heavy atom. The smallest absolute Gasteiger partial charge is 0.317 e. The van der Waals surface area contributed by atoms with Crippen LogP contribution in [0.3, 0.4) is 0 Å². The lowest BCUT2D eigenvalue weighted by molar-refractivity contribution is -0.156. The molecule has 108 valence electrons. The highest BCUT2D eigenvalue weighted by molar-refractivity contribution is 5.93. The SMILES string of the molecule is O=C(O)C(CCOCCC(C(=O)O)C(=O)O)C(=O)O. The second-order valence-electron chi connectivity index (χ2n) is 3.65. The minimum absolute atomic E-state index is 0.213. The van der Waals surface area contributed by atoms with Gasteiger partial charge in [-0.25, -0.2) is 0 Å². The fourth-order valence-corrected chi connectivity index (χ4v) is 1.21. The van der Waals surface area contributed by atoms with E-state index in [1.54, 1.807) is 0 Å². The van der Waals surface area contributed by atoms with Crippen molar-refractivity contribution in [2.24, 2.45) is 11.8 Å². The zero-order chi connectivity index (χ0) is 15.0. The number of rotatable bonds is 10. The highest BCUT2D eigenvalue weighted by Crippen LogP contribution is 2.07. The fraction of sp³-hybridized carbons (Fsp3) is 0.600. The number of hydrogen-bond donors (Lipinski definition) is 4. The van der Waals surface area contributed by atoms with Crippen molar-refractivity contribution >= 4 is 23.9 Å². The van der Waals surface area contributed by atoms with Crippen molar-refractivity contribution in [3.05, 3.63) is 0 Å². The first-order valence-electron chi connectivity index (χ1n) is 5.26. The number of carbonyl (C=O) groups is 4. The van der Waals surface area contributed by atoms with E-state index in [4.69, 9.17) is 25.2 Å². The van der Waals surface area contributed by atoms with Gasteiger partial charge >= 0.3 is 23.9 Å². The Morgan fingerprint density at radius 1 is 0.684 bits per heavy atom. The summed E-state index contributed by atoms with van der Waals surface area (Å²) in [4.78, 5) is 42.0. The van der Waals surface area contributed by atoms with Gasteiger partial charge in [0.05, 0.1) is 0 Å². The molecule has 0 aliphatic rings. The van der Waals surface area contributed by atoms with E-state index in [0.717, 1.165) is 0 Å². The Hall–Kier alpha value is -2.16. The van der Waals surface area contributed by atoms with Crippen LogP contribution in [0.25, 0.3) is 0 Å². The molecule has 0 amide bonds. The topological polar surface area (TPSA) is 158 Å². The third-order valence-corrected chi connectivity index (χ3v) is 2.29. The van der Waals surface area contributed by atoms with E-state index >= 15 is 0 Å². The molecule has 0 aliphatic heterocycles. The second-order valence-corrected chi connectivity index (χ2v) is 3.65. The van der Waals surface area contributed by atoms with E-state index in [9.17, 15) is 19.2 Å². The molecule has 0 aromatic rings. The van der Waals surface area contributed by atoms with Crippen LogP contribution < -0.4 is 0 Å². The normalized spacial score (nSPS) is 10.6. The zero-order valence-corrected chi connectivity index (χ0v) is 9.81. The summed E-state index contributed by atoms with van der Waals surface area (Å²) in [5.74, 6) is -9.19. The molecular weight excluding hydrogens is 264 g/mol. The van der Waals surface area contributed by atoms with Crippen molar-refractivity contribution in [3.8, 4) is 0 Å². The molecule has 0 bridgehead atoms. The van der Waals surface area contributed by atoms with Crippen molar-refractivity contribution in [2.75, 3.05) is 13.2 Å². The molecule has 0 heterocycles. The van der Waals surface area contributed by atoms with Crippen LogP contribution in [0.4, 0.5) is 0 Å². The number of carboxylic acids is 4. The summed E-state index contributed by atoms with van der Waals surface area (Å²) in [6.07, 6.45) is -0.565. The molecule has 0 atom stereocenters. The van der Waals surface area contributed by atoms with Crippen LogP contribution in [-0.4, -0.2) is 57.5 Å². The van der Waals surface area contributed by atoms with Gasteiger partial charge < -0.3 is 25.2 Å².